The van der Waals surface area contributed by atoms with Crippen molar-refractivity contribution in [1.82, 2.24) is 0 Å². The van der Waals surface area contributed by atoms with E-state index in [2.05, 4.69) is 19.2 Å². The molecule has 1 aromatic carbocycles. The second kappa shape index (κ2) is 3.71. The molecule has 1 aliphatic rings. The summed E-state index contributed by atoms with van der Waals surface area (Å²) in [7, 11) is 0. The molecule has 0 spiro atoms. The van der Waals surface area contributed by atoms with Gasteiger partial charge in [0.2, 0.25) is 0 Å². The molecule has 0 radical (unpaired) electrons. The Balaban J connectivity index is 0.00000112. The molecule has 2 N–H and O–H groups in total. The van der Waals surface area contributed by atoms with Gasteiger partial charge in [0.25, 0.3) is 0 Å². The maximum absolute atomic E-state index is 9.87. The Labute approximate surface area is 101 Å². The largest absolute Gasteiger partial charge is 0.507 e. The number of nitrogens with one attached hydrogen (secondary N) is 1. The Morgan fingerprint density at radius 2 is 1.93 bits per heavy atom. The van der Waals surface area contributed by atoms with Crippen molar-refractivity contribution in [1.29, 1.82) is 0 Å². The summed E-state index contributed by atoms with van der Waals surface area (Å²) in [5, 5.41) is 13.3. The highest BCUT2D eigenvalue weighted by atomic mass is 79.9. The number of phenols is 1. The minimum atomic E-state index is 0. The summed E-state index contributed by atoms with van der Waals surface area (Å²) in [6, 6.07) is 2.03. The number of fused-ring (bicyclic) bond motifs is 1. The first-order valence-electron chi connectivity index (χ1n) is 5.01. The zero-order valence-electron chi connectivity index (χ0n) is 9.64. The molecule has 0 unspecified atom stereocenters. The van der Waals surface area contributed by atoms with Crippen molar-refractivity contribution < 1.29 is 5.11 Å². The summed E-state index contributed by atoms with van der Waals surface area (Å²) in [5.41, 5.74) is 4.55. The third-order valence-electron chi connectivity index (χ3n) is 3.13. The van der Waals surface area contributed by atoms with Gasteiger partial charge in [-0.2, -0.15) is 0 Å². The van der Waals surface area contributed by atoms with Gasteiger partial charge in [-0.3, -0.25) is 0 Å². The van der Waals surface area contributed by atoms with E-state index in [1.807, 2.05) is 19.9 Å². The van der Waals surface area contributed by atoms with E-state index in [4.69, 9.17) is 0 Å². The third-order valence-corrected chi connectivity index (χ3v) is 3.13. The van der Waals surface area contributed by atoms with Crippen LogP contribution in [0.15, 0.2) is 6.07 Å². The fourth-order valence-corrected chi connectivity index (χ4v) is 2.39. The topological polar surface area (TPSA) is 32.3 Å². The molecule has 0 aliphatic carbocycles. The quantitative estimate of drug-likeness (QED) is 0.710. The summed E-state index contributed by atoms with van der Waals surface area (Å²) in [4.78, 5) is 0. The van der Waals surface area contributed by atoms with Crippen LogP contribution in [0.1, 0.15) is 30.5 Å². The zero-order chi connectivity index (χ0) is 10.5. The predicted octanol–water partition coefficient (Wildman–Crippen LogP) is 3.29. The molecule has 1 aromatic rings. The fourth-order valence-electron chi connectivity index (χ4n) is 2.39. The summed E-state index contributed by atoms with van der Waals surface area (Å²) in [5.74, 6) is 0.445. The molecule has 1 aliphatic heterocycles. The Bertz CT molecular complexity index is 399. The molecule has 0 saturated carbocycles. The number of phenolic OH excluding ortho intramolecular Hbond substituents is 1. The highest BCUT2D eigenvalue weighted by Gasteiger charge is 2.32. The van der Waals surface area contributed by atoms with Gasteiger partial charge in [0, 0.05) is 17.6 Å². The Hall–Kier alpha value is -0.700. The van der Waals surface area contributed by atoms with E-state index in [1.165, 1.54) is 11.3 Å². The summed E-state index contributed by atoms with van der Waals surface area (Å²) in [6.07, 6.45) is 0. The lowest BCUT2D eigenvalue weighted by molar-refractivity contribution is 0.463. The molecular formula is C12H18BrNO. The Kier molecular flexibility index (Phi) is 3.06. The van der Waals surface area contributed by atoms with Crippen molar-refractivity contribution in [3.05, 3.63) is 22.8 Å². The second-order valence-corrected chi connectivity index (χ2v) is 4.83. The maximum atomic E-state index is 9.87. The molecular weight excluding hydrogens is 254 g/mol. The van der Waals surface area contributed by atoms with Gasteiger partial charge in [-0.25, -0.2) is 0 Å². The van der Waals surface area contributed by atoms with Crippen molar-refractivity contribution in [2.24, 2.45) is 0 Å². The second-order valence-electron chi connectivity index (χ2n) is 4.83. The molecule has 0 aromatic heterocycles. The van der Waals surface area contributed by atoms with Gasteiger partial charge in [0.15, 0.2) is 0 Å². The van der Waals surface area contributed by atoms with E-state index in [0.717, 1.165) is 17.7 Å². The van der Waals surface area contributed by atoms with Crippen LogP contribution in [0.5, 0.6) is 5.75 Å². The molecule has 0 bridgehead atoms. The first-order chi connectivity index (χ1) is 6.43. The monoisotopic (exact) mass is 271 g/mol. The SMILES string of the molecule is Br.Cc1cc2c(c(C)c1O)C(C)(C)CN2. The smallest absolute Gasteiger partial charge is 0.121 e. The lowest BCUT2D eigenvalue weighted by atomic mass is 9.83. The van der Waals surface area contributed by atoms with Crippen LogP contribution in [0.2, 0.25) is 0 Å². The van der Waals surface area contributed by atoms with Crippen molar-refractivity contribution in [2.75, 3.05) is 11.9 Å². The minimum absolute atomic E-state index is 0. The molecule has 2 nitrogen and oxygen atoms in total. The Morgan fingerprint density at radius 3 is 2.53 bits per heavy atom. The zero-order valence-corrected chi connectivity index (χ0v) is 11.4. The molecule has 15 heavy (non-hydrogen) atoms. The van der Waals surface area contributed by atoms with E-state index >= 15 is 0 Å². The number of benzene rings is 1. The molecule has 0 atom stereocenters. The maximum Gasteiger partial charge on any atom is 0.121 e. The summed E-state index contributed by atoms with van der Waals surface area (Å²) in [6.45, 7) is 9.29. The number of aryl methyl sites for hydroxylation is 1. The molecule has 2 rings (SSSR count). The Morgan fingerprint density at radius 1 is 1.33 bits per heavy atom. The standard InChI is InChI=1S/C12H17NO.BrH/c1-7-5-9-10(8(2)11(7)14)12(3,4)6-13-9;/h5,13-14H,6H2,1-4H3;1H. The average molecular weight is 272 g/mol. The van der Waals surface area contributed by atoms with Crippen molar-refractivity contribution in [2.45, 2.75) is 33.1 Å². The normalized spacial score (nSPS) is 16.5. The van der Waals surface area contributed by atoms with Gasteiger partial charge in [0.05, 0.1) is 0 Å². The van der Waals surface area contributed by atoms with Crippen LogP contribution in [0, 0.1) is 13.8 Å². The number of hydrogen-bond acceptors (Lipinski definition) is 2. The molecule has 3 heteroatoms. The van der Waals surface area contributed by atoms with E-state index in [-0.39, 0.29) is 22.4 Å². The van der Waals surface area contributed by atoms with Gasteiger partial charge in [-0.15, -0.1) is 17.0 Å². The lowest BCUT2D eigenvalue weighted by Gasteiger charge is -2.20. The highest BCUT2D eigenvalue weighted by molar-refractivity contribution is 8.93. The average Bonchev–Trinajstić information content (AvgIpc) is 2.38. The van der Waals surface area contributed by atoms with E-state index in [0.29, 0.717) is 5.75 Å². The third kappa shape index (κ3) is 1.73. The molecule has 84 valence electrons. The van der Waals surface area contributed by atoms with Crippen LogP contribution in [0.25, 0.3) is 0 Å². The highest BCUT2D eigenvalue weighted by Crippen LogP contribution is 2.42. The number of halogens is 1. The van der Waals surface area contributed by atoms with Gasteiger partial charge < -0.3 is 10.4 Å². The van der Waals surface area contributed by atoms with Gasteiger partial charge >= 0.3 is 0 Å². The minimum Gasteiger partial charge on any atom is -0.507 e. The first-order valence-corrected chi connectivity index (χ1v) is 5.01. The van der Waals surface area contributed by atoms with Crippen LogP contribution in [-0.2, 0) is 5.41 Å². The van der Waals surface area contributed by atoms with Crippen molar-refractivity contribution in [3.63, 3.8) is 0 Å². The van der Waals surface area contributed by atoms with Gasteiger partial charge in [0.1, 0.15) is 5.75 Å². The molecule has 0 saturated heterocycles. The summed E-state index contributed by atoms with van der Waals surface area (Å²) >= 11 is 0. The number of anilines is 1. The molecule has 0 fully saturated rings. The predicted molar refractivity (Wildman–Crippen MR) is 69.4 cm³/mol. The fraction of sp³-hybridized carbons (Fsp3) is 0.500. The van der Waals surface area contributed by atoms with Crippen LogP contribution >= 0.6 is 17.0 Å². The van der Waals surface area contributed by atoms with Crippen LogP contribution < -0.4 is 5.32 Å². The lowest BCUT2D eigenvalue weighted by Crippen LogP contribution is -2.19. The first kappa shape index (κ1) is 12.4. The van der Waals surface area contributed by atoms with Gasteiger partial charge in [-0.05, 0) is 36.6 Å². The van der Waals surface area contributed by atoms with E-state index in [9.17, 15) is 5.11 Å². The molecule has 1 heterocycles. The van der Waals surface area contributed by atoms with Crippen molar-refractivity contribution in [3.8, 4) is 5.75 Å². The summed E-state index contributed by atoms with van der Waals surface area (Å²) < 4.78 is 0. The van der Waals surface area contributed by atoms with Crippen LogP contribution in [-0.4, -0.2) is 11.7 Å². The van der Waals surface area contributed by atoms with E-state index < -0.39 is 0 Å². The van der Waals surface area contributed by atoms with Crippen LogP contribution in [0.4, 0.5) is 5.69 Å². The van der Waals surface area contributed by atoms with Crippen LogP contribution in [0.3, 0.4) is 0 Å². The van der Waals surface area contributed by atoms with Gasteiger partial charge in [-0.1, -0.05) is 13.8 Å². The van der Waals surface area contributed by atoms with E-state index in [1.54, 1.807) is 0 Å². The number of rotatable bonds is 0. The van der Waals surface area contributed by atoms with Crippen molar-refractivity contribution >= 4 is 22.7 Å². The number of hydrogen-bond donors (Lipinski definition) is 2. The molecule has 0 amide bonds. The number of aromatic hydroxyl groups is 1.